The molecule has 0 radical (unpaired) electrons. The summed E-state index contributed by atoms with van der Waals surface area (Å²) in [5.41, 5.74) is 6.05. The molecule has 0 spiro atoms. The average Bonchev–Trinajstić information content (AvgIpc) is 2.78. The van der Waals surface area contributed by atoms with E-state index in [2.05, 4.69) is 15.0 Å². The van der Waals surface area contributed by atoms with Crippen LogP contribution in [-0.2, 0) is 14.8 Å². The summed E-state index contributed by atoms with van der Waals surface area (Å²) in [6, 6.07) is 7.35. The van der Waals surface area contributed by atoms with Gasteiger partial charge in [0.25, 0.3) is 5.91 Å². The molecule has 10 nitrogen and oxygen atoms in total. The van der Waals surface area contributed by atoms with Gasteiger partial charge in [0.05, 0.1) is 24.9 Å². The Labute approximate surface area is 193 Å². The second kappa shape index (κ2) is 10.2. The maximum Gasteiger partial charge on any atom is 0.255 e. The van der Waals surface area contributed by atoms with Gasteiger partial charge in [-0.15, -0.1) is 0 Å². The van der Waals surface area contributed by atoms with Crippen molar-refractivity contribution in [2.45, 2.75) is 37.6 Å². The van der Waals surface area contributed by atoms with Crippen molar-refractivity contribution < 1.29 is 22.7 Å². The minimum atomic E-state index is -3.87. The topological polar surface area (TPSA) is 144 Å². The van der Waals surface area contributed by atoms with Crippen LogP contribution in [0.4, 0.5) is 11.5 Å². The predicted molar refractivity (Wildman–Crippen MR) is 125 cm³/mol. The first-order chi connectivity index (χ1) is 15.6. The number of benzene rings is 1. The number of nitrogens with zero attached hydrogens (tertiary/aromatic N) is 2. The van der Waals surface area contributed by atoms with Gasteiger partial charge in [-0.25, -0.2) is 18.1 Å². The van der Waals surface area contributed by atoms with E-state index in [0.29, 0.717) is 18.1 Å². The number of primary amides is 1. The molecule has 1 unspecified atom stereocenters. The maximum atomic E-state index is 12.8. The normalized spacial score (nSPS) is 16.5. The summed E-state index contributed by atoms with van der Waals surface area (Å²) in [7, 11) is -2.50. The number of piperidine rings is 1. The van der Waals surface area contributed by atoms with Gasteiger partial charge in [-0.3, -0.25) is 9.59 Å². The highest BCUT2D eigenvalue weighted by atomic mass is 32.2. The lowest BCUT2D eigenvalue weighted by Crippen LogP contribution is -2.41. The lowest BCUT2D eigenvalue weighted by atomic mass is 9.97. The molecule has 1 aromatic carbocycles. The van der Waals surface area contributed by atoms with Crippen LogP contribution in [0.5, 0.6) is 5.75 Å². The highest BCUT2D eigenvalue weighted by Crippen LogP contribution is 2.26. The summed E-state index contributed by atoms with van der Waals surface area (Å²) in [5, 5.41) is 2.72. The molecule has 1 saturated heterocycles. The molecule has 1 aromatic heterocycles. The number of nitrogens with two attached hydrogens (primary N) is 1. The molecule has 11 heteroatoms. The van der Waals surface area contributed by atoms with E-state index in [4.69, 9.17) is 10.5 Å². The van der Waals surface area contributed by atoms with Gasteiger partial charge in [0.15, 0.2) is 0 Å². The highest BCUT2D eigenvalue weighted by Gasteiger charge is 2.25. The summed E-state index contributed by atoms with van der Waals surface area (Å²) < 4.78 is 32.9. The van der Waals surface area contributed by atoms with Crippen LogP contribution in [0.2, 0.25) is 0 Å². The van der Waals surface area contributed by atoms with Gasteiger partial charge in [-0.1, -0.05) is 0 Å². The van der Waals surface area contributed by atoms with E-state index >= 15 is 0 Å². The molecule has 1 fully saturated rings. The molecule has 0 saturated carbocycles. The second-order valence-electron chi connectivity index (χ2n) is 8.19. The number of sulfonamides is 1. The Balaban J connectivity index is 1.75. The minimum absolute atomic E-state index is 0.117. The van der Waals surface area contributed by atoms with Crippen molar-refractivity contribution >= 4 is 33.3 Å². The zero-order valence-electron chi connectivity index (χ0n) is 18.9. The molecule has 1 atom stereocenters. The number of carbonyl (C=O) groups excluding carboxylic acids is 2. The summed E-state index contributed by atoms with van der Waals surface area (Å²) >= 11 is 0. The molecule has 3 rings (SSSR count). The first kappa shape index (κ1) is 24.5. The number of anilines is 2. The van der Waals surface area contributed by atoms with E-state index in [0.717, 1.165) is 19.4 Å². The number of rotatable bonds is 8. The fourth-order valence-electron chi connectivity index (χ4n) is 3.67. The Morgan fingerprint density at radius 3 is 2.61 bits per heavy atom. The van der Waals surface area contributed by atoms with E-state index < -0.39 is 15.9 Å². The van der Waals surface area contributed by atoms with Crippen molar-refractivity contribution in [3.63, 3.8) is 0 Å². The fraction of sp³-hybridized carbons (Fsp3) is 0.409. The molecular weight excluding hydrogens is 446 g/mol. The van der Waals surface area contributed by atoms with E-state index in [9.17, 15) is 18.0 Å². The summed E-state index contributed by atoms with van der Waals surface area (Å²) in [4.78, 5) is 30.5. The summed E-state index contributed by atoms with van der Waals surface area (Å²) in [5.74, 6) is -0.170. The van der Waals surface area contributed by atoms with Crippen LogP contribution in [-0.4, -0.2) is 51.5 Å². The van der Waals surface area contributed by atoms with Crippen LogP contribution in [0, 0.1) is 5.92 Å². The molecule has 1 aliphatic rings. The van der Waals surface area contributed by atoms with E-state index in [1.54, 1.807) is 26.0 Å². The first-order valence-corrected chi connectivity index (χ1v) is 12.1. The number of hydrogen-bond donors (Lipinski definition) is 3. The number of carbonyl (C=O) groups is 2. The van der Waals surface area contributed by atoms with Gasteiger partial charge >= 0.3 is 0 Å². The van der Waals surface area contributed by atoms with Crippen molar-refractivity contribution in [1.29, 1.82) is 0 Å². The summed E-state index contributed by atoms with van der Waals surface area (Å²) in [6.45, 7) is 4.70. The van der Waals surface area contributed by atoms with Gasteiger partial charge < -0.3 is 20.7 Å². The number of amides is 2. The number of hydrogen-bond acceptors (Lipinski definition) is 7. The van der Waals surface area contributed by atoms with Gasteiger partial charge in [-0.2, -0.15) is 0 Å². The van der Waals surface area contributed by atoms with Crippen molar-refractivity contribution in [1.82, 2.24) is 9.71 Å². The molecule has 2 heterocycles. The molecule has 33 heavy (non-hydrogen) atoms. The lowest BCUT2D eigenvalue weighted by Gasteiger charge is -2.32. The number of nitrogens with one attached hydrogen (secondary N) is 2. The monoisotopic (exact) mass is 475 g/mol. The van der Waals surface area contributed by atoms with Crippen LogP contribution in [0.1, 0.15) is 37.0 Å². The number of ether oxygens (including phenoxy) is 1. The SMILES string of the molecule is COc1ccc(C(=O)Nc2ccc(N3CCCC(C(N)=O)C3)nc2)cc1S(=O)(=O)NC(C)C. The third-order valence-corrected chi connectivity index (χ3v) is 6.94. The van der Waals surface area contributed by atoms with Crippen LogP contribution in [0.3, 0.4) is 0 Å². The second-order valence-corrected chi connectivity index (χ2v) is 9.87. The van der Waals surface area contributed by atoms with Crippen molar-refractivity contribution in [2.75, 3.05) is 30.4 Å². The number of pyridine rings is 1. The molecular formula is C22H29N5O5S. The number of methoxy groups -OCH3 is 1. The van der Waals surface area contributed by atoms with Crippen molar-refractivity contribution in [3.8, 4) is 5.75 Å². The molecule has 0 aliphatic carbocycles. The van der Waals surface area contributed by atoms with E-state index in [1.807, 2.05) is 4.90 Å². The van der Waals surface area contributed by atoms with Gasteiger partial charge in [0, 0.05) is 24.7 Å². The molecule has 178 valence electrons. The smallest absolute Gasteiger partial charge is 0.255 e. The maximum absolute atomic E-state index is 12.8. The minimum Gasteiger partial charge on any atom is -0.495 e. The molecule has 4 N–H and O–H groups in total. The molecule has 2 aromatic rings. The quantitative estimate of drug-likeness (QED) is 0.527. The standard InChI is InChI=1S/C22H29N5O5S/c1-14(2)26-33(30,31)19-11-15(6-8-18(19)32-3)22(29)25-17-7-9-20(24-12-17)27-10-4-5-16(13-27)21(23)28/h6-9,11-12,14,16,26H,4-5,10,13H2,1-3H3,(H2,23,28)(H,25,29). The number of aromatic nitrogens is 1. The lowest BCUT2D eigenvalue weighted by molar-refractivity contribution is -0.122. The van der Waals surface area contributed by atoms with Gasteiger partial charge in [0.1, 0.15) is 16.5 Å². The van der Waals surface area contributed by atoms with Crippen LogP contribution < -0.4 is 25.4 Å². The van der Waals surface area contributed by atoms with Crippen molar-refractivity contribution in [3.05, 3.63) is 42.1 Å². The third kappa shape index (κ3) is 5.99. The Morgan fingerprint density at radius 2 is 2.00 bits per heavy atom. The van der Waals surface area contributed by atoms with Crippen molar-refractivity contribution in [2.24, 2.45) is 11.7 Å². The van der Waals surface area contributed by atoms with Gasteiger partial charge in [0.2, 0.25) is 15.9 Å². The van der Waals surface area contributed by atoms with Crippen LogP contribution in [0.25, 0.3) is 0 Å². The Morgan fingerprint density at radius 1 is 1.24 bits per heavy atom. The molecule has 1 aliphatic heterocycles. The molecule has 0 bridgehead atoms. The Kier molecular flexibility index (Phi) is 7.54. The van der Waals surface area contributed by atoms with Crippen LogP contribution in [0.15, 0.2) is 41.4 Å². The Bertz CT molecular complexity index is 1120. The zero-order chi connectivity index (χ0) is 24.2. The van der Waals surface area contributed by atoms with E-state index in [-0.39, 0.29) is 34.1 Å². The predicted octanol–water partition coefficient (Wildman–Crippen LogP) is 1.73. The summed E-state index contributed by atoms with van der Waals surface area (Å²) in [6.07, 6.45) is 3.14. The average molecular weight is 476 g/mol. The zero-order valence-corrected chi connectivity index (χ0v) is 19.7. The largest absolute Gasteiger partial charge is 0.495 e. The highest BCUT2D eigenvalue weighted by molar-refractivity contribution is 7.89. The molecule has 2 amide bonds. The van der Waals surface area contributed by atoms with Crippen LogP contribution >= 0.6 is 0 Å². The van der Waals surface area contributed by atoms with Gasteiger partial charge in [-0.05, 0) is 57.0 Å². The van der Waals surface area contributed by atoms with E-state index in [1.165, 1.54) is 31.5 Å². The fourth-order valence-corrected chi connectivity index (χ4v) is 5.12. The Hall–Kier alpha value is -3.18. The first-order valence-electron chi connectivity index (χ1n) is 10.6. The third-order valence-electron chi connectivity index (χ3n) is 5.26.